The van der Waals surface area contributed by atoms with Gasteiger partial charge in [-0.1, -0.05) is 12.1 Å². The molecule has 2 fully saturated rings. The number of aromatic nitrogens is 4. The summed E-state index contributed by atoms with van der Waals surface area (Å²) in [6.45, 7) is 5.30. The third kappa shape index (κ3) is 3.89. The van der Waals surface area contributed by atoms with Crippen molar-refractivity contribution in [3.8, 4) is 5.95 Å². The molecule has 2 aliphatic rings. The van der Waals surface area contributed by atoms with E-state index in [4.69, 9.17) is 24.4 Å². The zero-order valence-corrected chi connectivity index (χ0v) is 20.1. The maximum Gasteiger partial charge on any atom is 0.239 e. The molecule has 0 radical (unpaired) electrons. The van der Waals surface area contributed by atoms with E-state index < -0.39 is 15.5 Å². The minimum absolute atomic E-state index is 0.176. The number of imidazole rings is 1. The molecular formula is C23H30N6O3S. The monoisotopic (exact) mass is 470 g/mol. The number of morpholine rings is 1. The van der Waals surface area contributed by atoms with Crippen LogP contribution in [0.15, 0.2) is 30.3 Å². The fourth-order valence-corrected chi connectivity index (χ4v) is 5.90. The van der Waals surface area contributed by atoms with E-state index >= 15 is 0 Å². The zero-order chi connectivity index (χ0) is 23.0. The van der Waals surface area contributed by atoms with E-state index in [0.717, 1.165) is 29.1 Å². The van der Waals surface area contributed by atoms with Crippen LogP contribution in [0.5, 0.6) is 0 Å². The Morgan fingerprint density at radius 1 is 1.12 bits per heavy atom. The molecule has 0 bridgehead atoms. The Labute approximate surface area is 196 Å². The summed E-state index contributed by atoms with van der Waals surface area (Å²) >= 11 is 0. The lowest BCUT2D eigenvalue weighted by atomic mass is 9.94. The number of rotatable bonds is 5. The van der Waals surface area contributed by atoms with Crippen LogP contribution in [0.1, 0.15) is 25.5 Å². The van der Waals surface area contributed by atoms with Crippen molar-refractivity contribution in [2.45, 2.75) is 30.6 Å². The van der Waals surface area contributed by atoms with Gasteiger partial charge in [0.15, 0.2) is 0 Å². The van der Waals surface area contributed by atoms with Gasteiger partial charge < -0.3 is 19.7 Å². The first-order valence-electron chi connectivity index (χ1n) is 11.3. The van der Waals surface area contributed by atoms with Crippen molar-refractivity contribution < 1.29 is 13.7 Å². The number of benzene rings is 1. The van der Waals surface area contributed by atoms with Crippen LogP contribution in [0, 0.1) is 0 Å². The molecular weight excluding hydrogens is 440 g/mol. The molecule has 2 atom stereocenters. The Morgan fingerprint density at radius 2 is 1.91 bits per heavy atom. The number of hydrogen-bond acceptors (Lipinski definition) is 8. The number of nitrogens with zero attached hydrogens (tertiary/aromatic N) is 5. The fraction of sp³-hybridized carbons (Fsp3) is 0.522. The van der Waals surface area contributed by atoms with Crippen LogP contribution in [0.25, 0.3) is 17.0 Å². The summed E-state index contributed by atoms with van der Waals surface area (Å²) in [4.78, 5) is 17.0. The molecule has 2 aromatic heterocycles. The summed E-state index contributed by atoms with van der Waals surface area (Å²) in [5.74, 6) is 2.01. The summed E-state index contributed by atoms with van der Waals surface area (Å²) in [6, 6.07) is 10.1. The summed E-state index contributed by atoms with van der Waals surface area (Å²) in [5.41, 5.74) is 2.57. The van der Waals surface area contributed by atoms with E-state index in [1.54, 1.807) is 6.26 Å². The number of anilines is 2. The summed E-state index contributed by atoms with van der Waals surface area (Å²) in [6.07, 6.45) is 3.10. The van der Waals surface area contributed by atoms with Crippen LogP contribution in [-0.2, 0) is 25.0 Å². The van der Waals surface area contributed by atoms with Crippen molar-refractivity contribution in [3.05, 3.63) is 36.0 Å². The van der Waals surface area contributed by atoms with Gasteiger partial charge in [0.2, 0.25) is 11.9 Å². The zero-order valence-electron chi connectivity index (χ0n) is 19.3. The van der Waals surface area contributed by atoms with Crippen LogP contribution in [0.3, 0.4) is 0 Å². The molecule has 176 valence electrons. The first-order chi connectivity index (χ1) is 16.0. The topological polar surface area (TPSA) is 94.4 Å². The maximum atomic E-state index is 13.1. The molecule has 0 unspecified atom stereocenters. The molecule has 0 spiro atoms. The minimum atomic E-state index is -1.13. The predicted octanol–water partition coefficient (Wildman–Crippen LogP) is 2.47. The highest BCUT2D eigenvalue weighted by Crippen LogP contribution is 2.39. The number of hydrogen-bond donors (Lipinski definition) is 1. The van der Waals surface area contributed by atoms with Crippen LogP contribution >= 0.6 is 0 Å². The van der Waals surface area contributed by atoms with Gasteiger partial charge in [-0.3, -0.25) is 4.21 Å². The van der Waals surface area contributed by atoms with Crippen molar-refractivity contribution in [3.63, 3.8) is 0 Å². The second-order valence-corrected chi connectivity index (χ2v) is 10.3. The van der Waals surface area contributed by atoms with Crippen LogP contribution < -0.4 is 10.2 Å². The number of fused-ring (bicyclic) bond motifs is 1. The number of para-hydroxylation sites is 2. The third-order valence-electron chi connectivity index (χ3n) is 6.66. The Morgan fingerprint density at radius 3 is 2.64 bits per heavy atom. The van der Waals surface area contributed by atoms with Crippen LogP contribution in [0.4, 0.5) is 11.8 Å². The summed E-state index contributed by atoms with van der Waals surface area (Å²) < 4.78 is 25.8. The first kappa shape index (κ1) is 22.2. The van der Waals surface area contributed by atoms with Gasteiger partial charge in [0.1, 0.15) is 5.82 Å². The summed E-state index contributed by atoms with van der Waals surface area (Å²) in [5, 5.41) is 3.18. The molecule has 3 aromatic rings. The van der Waals surface area contributed by atoms with Gasteiger partial charge >= 0.3 is 0 Å². The average molecular weight is 471 g/mol. The van der Waals surface area contributed by atoms with Crippen LogP contribution in [0.2, 0.25) is 0 Å². The Kier molecular flexibility index (Phi) is 6.07. The highest BCUT2D eigenvalue weighted by atomic mass is 32.2. The average Bonchev–Trinajstić information content (AvgIpc) is 3.23. The van der Waals surface area contributed by atoms with Crippen molar-refractivity contribution >= 4 is 33.6 Å². The molecule has 5 rings (SSSR count). The number of ether oxygens (including phenoxy) is 2. The molecule has 4 heterocycles. The Bertz CT molecular complexity index is 1180. The van der Waals surface area contributed by atoms with Gasteiger partial charge in [0, 0.05) is 49.9 Å². The second kappa shape index (κ2) is 9.00. The third-order valence-corrected chi connectivity index (χ3v) is 8.38. The second-order valence-electron chi connectivity index (χ2n) is 8.60. The minimum Gasteiger partial charge on any atom is -0.381 e. The van der Waals surface area contributed by atoms with Gasteiger partial charge in [-0.25, -0.2) is 14.5 Å². The lowest BCUT2D eigenvalue weighted by Crippen LogP contribution is -2.45. The molecule has 33 heavy (non-hydrogen) atoms. The smallest absolute Gasteiger partial charge is 0.239 e. The molecule has 2 saturated heterocycles. The molecule has 1 aromatic carbocycles. The summed E-state index contributed by atoms with van der Waals surface area (Å²) in [7, 11) is 0.714. The molecule has 1 N–H and O–H groups in total. The van der Waals surface area contributed by atoms with E-state index in [1.165, 1.54) is 0 Å². The van der Waals surface area contributed by atoms with Crippen molar-refractivity contribution in [1.29, 1.82) is 0 Å². The van der Waals surface area contributed by atoms with Gasteiger partial charge in [-0.2, -0.15) is 4.98 Å². The fourth-order valence-electron chi connectivity index (χ4n) is 4.76. The standard InChI is InChI=1S/C23H30N6O3S/c1-16-15-32-13-10-28(16)20-14-19(23(33(3)30)8-11-31-12-9-23)26-22(27-20)29-18-7-5-4-6-17(18)25-21(29)24-2/h4-7,14,16H,8-13,15H2,1-3H3,(H,24,25)/t16-,33-/m1/s1. The molecule has 0 aliphatic carbocycles. The van der Waals surface area contributed by atoms with Gasteiger partial charge in [-0.15, -0.1) is 0 Å². The van der Waals surface area contributed by atoms with Gasteiger partial charge in [-0.05, 0) is 31.9 Å². The molecule has 0 amide bonds. The SMILES string of the molecule is CNc1nc2ccccc2n1-c1nc(N2CCOC[C@H]2C)cc(C2([S@@](C)=O)CCOCC2)n1. The van der Waals surface area contributed by atoms with E-state index in [9.17, 15) is 4.21 Å². The quantitative estimate of drug-likeness (QED) is 0.608. The molecule has 2 aliphatic heterocycles. The maximum absolute atomic E-state index is 13.1. The van der Waals surface area contributed by atoms with Crippen molar-refractivity contribution in [2.75, 3.05) is 56.5 Å². The normalized spacial score (nSPS) is 21.8. The predicted molar refractivity (Wildman–Crippen MR) is 130 cm³/mol. The molecule has 9 nitrogen and oxygen atoms in total. The van der Waals surface area contributed by atoms with E-state index in [2.05, 4.69) is 17.1 Å². The van der Waals surface area contributed by atoms with E-state index in [1.807, 2.05) is 41.9 Å². The molecule has 0 saturated carbocycles. The Hall–Kier alpha value is -2.56. The Balaban J connectivity index is 1.74. The van der Waals surface area contributed by atoms with E-state index in [-0.39, 0.29) is 6.04 Å². The largest absolute Gasteiger partial charge is 0.381 e. The highest BCUT2D eigenvalue weighted by molar-refractivity contribution is 7.85. The van der Waals surface area contributed by atoms with E-state index in [0.29, 0.717) is 51.2 Å². The lowest BCUT2D eigenvalue weighted by Gasteiger charge is -2.37. The van der Waals surface area contributed by atoms with Crippen molar-refractivity contribution in [1.82, 2.24) is 19.5 Å². The van der Waals surface area contributed by atoms with Crippen LogP contribution in [-0.4, -0.2) is 76.0 Å². The van der Waals surface area contributed by atoms with Gasteiger partial charge in [0.25, 0.3) is 0 Å². The number of nitrogens with one attached hydrogen (secondary N) is 1. The first-order valence-corrected chi connectivity index (χ1v) is 12.9. The highest BCUT2D eigenvalue weighted by Gasteiger charge is 2.41. The van der Waals surface area contributed by atoms with Gasteiger partial charge in [0.05, 0.1) is 40.7 Å². The molecule has 10 heteroatoms. The van der Waals surface area contributed by atoms with Crippen molar-refractivity contribution in [2.24, 2.45) is 0 Å². The lowest BCUT2D eigenvalue weighted by molar-refractivity contribution is 0.0745.